The normalized spacial score (nSPS) is 33.7. The largest absolute Gasteiger partial charge is 0.274 e. The molecule has 1 heterocycles. The van der Waals surface area contributed by atoms with Crippen LogP contribution in [0.15, 0.2) is 30.4 Å². The smallest absolute Gasteiger partial charge is 0.241 e. The van der Waals surface area contributed by atoms with Gasteiger partial charge in [-0.1, -0.05) is 18.2 Å². The van der Waals surface area contributed by atoms with Crippen LogP contribution in [0.25, 0.3) is 0 Å². The summed E-state index contributed by atoms with van der Waals surface area (Å²) in [6.45, 7) is 4.05. The summed E-state index contributed by atoms with van der Waals surface area (Å²) >= 11 is 0. The van der Waals surface area contributed by atoms with E-state index in [-0.39, 0.29) is 17.7 Å². The molecule has 1 aromatic rings. The molecule has 21 heavy (non-hydrogen) atoms. The van der Waals surface area contributed by atoms with E-state index < -0.39 is 5.41 Å². The number of fused-ring (bicyclic) bond motifs is 3. The lowest BCUT2D eigenvalue weighted by Crippen LogP contribution is -2.38. The van der Waals surface area contributed by atoms with E-state index in [0.717, 1.165) is 24.1 Å². The Morgan fingerprint density at radius 2 is 1.95 bits per heavy atom. The fourth-order valence-electron chi connectivity index (χ4n) is 4.29. The van der Waals surface area contributed by atoms with Crippen molar-refractivity contribution < 1.29 is 9.59 Å². The zero-order valence-corrected chi connectivity index (χ0v) is 12.4. The Balaban J connectivity index is 1.74. The minimum atomic E-state index is -0.449. The Morgan fingerprint density at radius 3 is 2.57 bits per heavy atom. The van der Waals surface area contributed by atoms with E-state index in [2.05, 4.69) is 12.2 Å². The molecule has 3 aliphatic rings. The Kier molecular flexibility index (Phi) is 2.48. The highest BCUT2D eigenvalue weighted by Gasteiger charge is 2.60. The van der Waals surface area contributed by atoms with Crippen molar-refractivity contribution in [3.63, 3.8) is 0 Å². The summed E-state index contributed by atoms with van der Waals surface area (Å²) < 4.78 is 0. The quantitative estimate of drug-likeness (QED) is 0.586. The lowest BCUT2D eigenvalue weighted by molar-refractivity contribution is -0.126. The van der Waals surface area contributed by atoms with E-state index in [1.807, 2.05) is 32.0 Å². The van der Waals surface area contributed by atoms with Crippen LogP contribution in [-0.4, -0.2) is 11.8 Å². The third-order valence-electron chi connectivity index (χ3n) is 5.60. The molecule has 2 aliphatic carbocycles. The fourth-order valence-corrected chi connectivity index (χ4v) is 4.29. The Hall–Kier alpha value is -1.90. The van der Waals surface area contributed by atoms with Crippen LogP contribution in [0.3, 0.4) is 0 Å². The number of imide groups is 1. The molecule has 2 amide bonds. The van der Waals surface area contributed by atoms with Crippen molar-refractivity contribution in [1.29, 1.82) is 0 Å². The first-order valence-electron chi connectivity index (χ1n) is 7.64. The zero-order valence-electron chi connectivity index (χ0n) is 12.4. The standard InChI is InChI=1S/C18H19NO2/c1-11-3-6-15(7-12(11)2)19-16(20)10-18(17(19)21)9-13-4-5-14(18)8-13/h3-7,13-14H,8-10H2,1-2H3. The molecule has 4 rings (SSSR count). The van der Waals surface area contributed by atoms with Gasteiger partial charge in [0.15, 0.2) is 0 Å². The number of hydrogen-bond donors (Lipinski definition) is 0. The first-order chi connectivity index (χ1) is 10.0. The van der Waals surface area contributed by atoms with Crippen LogP contribution in [0.4, 0.5) is 5.69 Å². The van der Waals surface area contributed by atoms with Crippen LogP contribution in [-0.2, 0) is 9.59 Å². The van der Waals surface area contributed by atoms with Gasteiger partial charge in [0.05, 0.1) is 11.1 Å². The van der Waals surface area contributed by atoms with Gasteiger partial charge in [-0.15, -0.1) is 0 Å². The number of anilines is 1. The molecule has 2 fully saturated rings. The fraction of sp³-hybridized carbons (Fsp3) is 0.444. The van der Waals surface area contributed by atoms with Gasteiger partial charge in [-0.3, -0.25) is 14.5 Å². The maximum absolute atomic E-state index is 13.0. The van der Waals surface area contributed by atoms with E-state index in [9.17, 15) is 9.59 Å². The minimum Gasteiger partial charge on any atom is -0.274 e. The summed E-state index contributed by atoms with van der Waals surface area (Å²) in [5.41, 5.74) is 2.57. The number of amides is 2. The van der Waals surface area contributed by atoms with Crippen LogP contribution < -0.4 is 4.90 Å². The van der Waals surface area contributed by atoms with Gasteiger partial charge >= 0.3 is 0 Å². The Bertz CT molecular complexity index is 690. The third kappa shape index (κ3) is 1.60. The Morgan fingerprint density at radius 1 is 1.14 bits per heavy atom. The average Bonchev–Trinajstić information content (AvgIpc) is 3.09. The monoisotopic (exact) mass is 281 g/mol. The van der Waals surface area contributed by atoms with E-state index in [4.69, 9.17) is 0 Å². The van der Waals surface area contributed by atoms with Gasteiger partial charge in [0, 0.05) is 6.42 Å². The topological polar surface area (TPSA) is 37.4 Å². The van der Waals surface area contributed by atoms with Crippen molar-refractivity contribution in [3.8, 4) is 0 Å². The van der Waals surface area contributed by atoms with Crippen molar-refractivity contribution >= 4 is 17.5 Å². The number of benzene rings is 1. The Labute approximate surface area is 124 Å². The van der Waals surface area contributed by atoms with Crippen molar-refractivity contribution in [3.05, 3.63) is 41.5 Å². The molecule has 3 nitrogen and oxygen atoms in total. The van der Waals surface area contributed by atoms with E-state index in [0.29, 0.717) is 12.3 Å². The lowest BCUT2D eigenvalue weighted by atomic mass is 9.74. The number of hydrogen-bond acceptors (Lipinski definition) is 2. The van der Waals surface area contributed by atoms with Gasteiger partial charge in [0.25, 0.3) is 0 Å². The van der Waals surface area contributed by atoms with Crippen LogP contribution in [0, 0.1) is 31.1 Å². The molecule has 2 bridgehead atoms. The molecule has 1 saturated heterocycles. The summed E-state index contributed by atoms with van der Waals surface area (Å²) in [5, 5.41) is 0. The highest BCUT2D eigenvalue weighted by molar-refractivity contribution is 6.23. The molecule has 3 heteroatoms. The van der Waals surface area contributed by atoms with Crippen molar-refractivity contribution in [1.82, 2.24) is 0 Å². The second-order valence-electron chi connectivity index (χ2n) is 6.83. The highest BCUT2D eigenvalue weighted by Crippen LogP contribution is 2.57. The molecule has 1 aromatic carbocycles. The molecule has 3 atom stereocenters. The van der Waals surface area contributed by atoms with Gasteiger partial charge in [0.1, 0.15) is 0 Å². The second kappa shape index (κ2) is 4.06. The van der Waals surface area contributed by atoms with Crippen LogP contribution in [0.2, 0.25) is 0 Å². The maximum Gasteiger partial charge on any atom is 0.241 e. The average molecular weight is 281 g/mol. The molecule has 108 valence electrons. The predicted octanol–water partition coefficient (Wildman–Crippen LogP) is 3.15. The molecular formula is C18H19NO2. The van der Waals surface area contributed by atoms with Crippen LogP contribution >= 0.6 is 0 Å². The van der Waals surface area contributed by atoms with E-state index in [1.54, 1.807) is 0 Å². The number of aryl methyl sites for hydroxylation is 2. The molecular weight excluding hydrogens is 262 g/mol. The molecule has 0 N–H and O–H groups in total. The number of rotatable bonds is 1. The summed E-state index contributed by atoms with van der Waals surface area (Å²) in [6, 6.07) is 5.82. The summed E-state index contributed by atoms with van der Waals surface area (Å²) in [7, 11) is 0. The number of allylic oxidation sites excluding steroid dienone is 2. The maximum atomic E-state index is 13.0. The SMILES string of the molecule is Cc1ccc(N2C(=O)CC3(CC4C=CC3C4)C2=O)cc1C. The summed E-state index contributed by atoms with van der Waals surface area (Å²) in [5.74, 6) is 0.735. The molecule has 3 unspecified atom stereocenters. The highest BCUT2D eigenvalue weighted by atomic mass is 16.2. The number of nitrogens with zero attached hydrogens (tertiary/aromatic N) is 1. The van der Waals surface area contributed by atoms with Crippen molar-refractivity contribution in [2.75, 3.05) is 4.90 Å². The molecule has 1 aliphatic heterocycles. The summed E-state index contributed by atoms with van der Waals surface area (Å²) in [4.78, 5) is 26.9. The zero-order chi connectivity index (χ0) is 14.8. The summed E-state index contributed by atoms with van der Waals surface area (Å²) in [6.07, 6.45) is 6.64. The van der Waals surface area contributed by atoms with Crippen LogP contribution in [0.1, 0.15) is 30.4 Å². The van der Waals surface area contributed by atoms with Gasteiger partial charge in [-0.2, -0.15) is 0 Å². The lowest BCUT2D eigenvalue weighted by Gasteiger charge is -2.28. The number of carbonyl (C=O) groups excluding carboxylic acids is 2. The molecule has 0 radical (unpaired) electrons. The first-order valence-corrected chi connectivity index (χ1v) is 7.64. The predicted molar refractivity (Wildman–Crippen MR) is 80.8 cm³/mol. The van der Waals surface area contributed by atoms with Crippen molar-refractivity contribution in [2.24, 2.45) is 17.3 Å². The van der Waals surface area contributed by atoms with Gasteiger partial charge in [0.2, 0.25) is 11.8 Å². The van der Waals surface area contributed by atoms with Gasteiger partial charge < -0.3 is 0 Å². The third-order valence-corrected chi connectivity index (χ3v) is 5.60. The van der Waals surface area contributed by atoms with Gasteiger partial charge in [-0.05, 0) is 61.8 Å². The first kappa shape index (κ1) is 12.8. The molecule has 1 spiro atoms. The number of carbonyl (C=O) groups is 2. The van der Waals surface area contributed by atoms with E-state index in [1.165, 1.54) is 10.5 Å². The van der Waals surface area contributed by atoms with E-state index >= 15 is 0 Å². The van der Waals surface area contributed by atoms with Gasteiger partial charge in [-0.25, -0.2) is 0 Å². The van der Waals surface area contributed by atoms with Crippen LogP contribution in [0.5, 0.6) is 0 Å². The molecule has 1 saturated carbocycles. The van der Waals surface area contributed by atoms with Crippen molar-refractivity contribution in [2.45, 2.75) is 33.1 Å². The molecule has 0 aromatic heterocycles. The minimum absolute atomic E-state index is 0.0209. The second-order valence-corrected chi connectivity index (χ2v) is 6.83.